The molecule has 0 atom stereocenters. The van der Waals surface area contributed by atoms with Gasteiger partial charge < -0.3 is 16.4 Å². The number of nitrogens with one attached hydrogen (secondary N) is 2. The normalized spacial score (nSPS) is 10.7. The van der Waals surface area contributed by atoms with Crippen molar-refractivity contribution in [3.05, 3.63) is 74.4 Å². The Morgan fingerprint density at radius 3 is 2.58 bits per heavy atom. The van der Waals surface area contributed by atoms with Crippen molar-refractivity contribution in [2.75, 3.05) is 24.6 Å². The van der Waals surface area contributed by atoms with E-state index in [0.29, 0.717) is 23.5 Å². The van der Waals surface area contributed by atoms with Crippen LogP contribution < -0.4 is 21.9 Å². The second kappa shape index (κ2) is 9.61. The number of nitrogen functional groups attached to an aromatic ring is 1. The Kier molecular flexibility index (Phi) is 6.91. The summed E-state index contributed by atoms with van der Waals surface area (Å²) in [7, 11) is 1.57. The van der Waals surface area contributed by atoms with Gasteiger partial charge in [0.25, 0.3) is 5.56 Å². The number of anilines is 2. The zero-order chi connectivity index (χ0) is 22.5. The summed E-state index contributed by atoms with van der Waals surface area (Å²) >= 11 is 6.32. The molecule has 3 aromatic rings. The van der Waals surface area contributed by atoms with Crippen LogP contribution in [0.25, 0.3) is 5.82 Å². The number of hydrogen-bond donors (Lipinski definition) is 3. The number of aryl methyl sites for hydroxylation is 1. The van der Waals surface area contributed by atoms with Crippen LogP contribution in [0.15, 0.2) is 41.2 Å². The molecule has 0 bridgehead atoms. The molecule has 0 aliphatic rings. The van der Waals surface area contributed by atoms with E-state index >= 15 is 0 Å². The molecular formula is C22H25ClN6O2. The molecule has 4 N–H and O–H groups in total. The Labute approximate surface area is 185 Å². The van der Waals surface area contributed by atoms with Gasteiger partial charge >= 0.3 is 0 Å². The van der Waals surface area contributed by atoms with Crippen LogP contribution in [0.3, 0.4) is 0 Å². The van der Waals surface area contributed by atoms with Gasteiger partial charge in [0, 0.05) is 19.3 Å². The molecule has 0 aliphatic heterocycles. The Hall–Kier alpha value is -3.39. The third-order valence-corrected chi connectivity index (χ3v) is 5.32. The minimum absolute atomic E-state index is 0.125. The fraction of sp³-hybridized carbons (Fsp3) is 0.273. The number of hydrogen-bond acceptors (Lipinski definition) is 6. The first-order valence-electron chi connectivity index (χ1n) is 9.85. The van der Waals surface area contributed by atoms with Crippen LogP contribution in [0, 0.1) is 13.8 Å². The summed E-state index contributed by atoms with van der Waals surface area (Å²) < 4.78 is 1.35. The first-order chi connectivity index (χ1) is 14.8. The zero-order valence-corrected chi connectivity index (χ0v) is 18.5. The van der Waals surface area contributed by atoms with Gasteiger partial charge in [0.15, 0.2) is 16.8 Å². The van der Waals surface area contributed by atoms with Crippen LogP contribution in [-0.2, 0) is 17.6 Å². The quantitative estimate of drug-likeness (QED) is 0.519. The summed E-state index contributed by atoms with van der Waals surface area (Å²) in [4.78, 5) is 33.6. The van der Waals surface area contributed by atoms with Gasteiger partial charge in [-0.3, -0.25) is 14.2 Å². The second-order valence-corrected chi connectivity index (χ2v) is 7.49. The molecule has 0 fully saturated rings. The summed E-state index contributed by atoms with van der Waals surface area (Å²) in [5.74, 6) is 0.234. The van der Waals surface area contributed by atoms with Crippen LogP contribution in [0.4, 0.5) is 11.5 Å². The molecule has 0 radical (unpaired) electrons. The molecule has 162 valence electrons. The number of nitrogens with zero attached hydrogens (tertiary/aromatic N) is 3. The minimum Gasteiger partial charge on any atom is -0.396 e. The number of carbonyl (C=O) groups is 1. The highest BCUT2D eigenvalue weighted by Gasteiger charge is 2.18. The lowest BCUT2D eigenvalue weighted by molar-refractivity contribution is -0.119. The third-order valence-electron chi connectivity index (χ3n) is 4.97. The molecule has 8 nitrogen and oxygen atoms in total. The summed E-state index contributed by atoms with van der Waals surface area (Å²) in [6.45, 7) is 3.96. The number of aromatic nitrogens is 3. The van der Waals surface area contributed by atoms with Crippen LogP contribution in [-0.4, -0.2) is 34.0 Å². The van der Waals surface area contributed by atoms with Crippen molar-refractivity contribution < 1.29 is 4.79 Å². The molecule has 2 aromatic heterocycles. The zero-order valence-electron chi connectivity index (χ0n) is 17.7. The number of rotatable bonds is 7. The summed E-state index contributed by atoms with van der Waals surface area (Å²) in [6.07, 6.45) is 0.873. The maximum Gasteiger partial charge on any atom is 0.299 e. The van der Waals surface area contributed by atoms with Crippen LogP contribution in [0.1, 0.15) is 22.5 Å². The summed E-state index contributed by atoms with van der Waals surface area (Å²) in [5, 5.41) is 5.82. The van der Waals surface area contributed by atoms with Crippen molar-refractivity contribution in [2.45, 2.75) is 26.7 Å². The van der Waals surface area contributed by atoms with E-state index in [-0.39, 0.29) is 34.8 Å². The molecular weight excluding hydrogens is 416 g/mol. The number of amides is 1. The summed E-state index contributed by atoms with van der Waals surface area (Å²) in [6, 6.07) is 11.6. The van der Waals surface area contributed by atoms with Crippen LogP contribution in [0.2, 0.25) is 5.15 Å². The van der Waals surface area contributed by atoms with E-state index < -0.39 is 5.56 Å². The van der Waals surface area contributed by atoms with Gasteiger partial charge in [-0.05, 0) is 37.5 Å². The molecule has 2 heterocycles. The summed E-state index contributed by atoms with van der Waals surface area (Å²) in [5.41, 5.74) is 8.95. The van der Waals surface area contributed by atoms with E-state index in [0.717, 1.165) is 12.0 Å². The second-order valence-electron chi connectivity index (χ2n) is 7.14. The molecule has 1 amide bonds. The number of benzene rings is 1. The highest BCUT2D eigenvalue weighted by molar-refractivity contribution is 6.30. The van der Waals surface area contributed by atoms with Crippen molar-refractivity contribution >= 4 is 29.0 Å². The van der Waals surface area contributed by atoms with Gasteiger partial charge in [0.05, 0.1) is 17.8 Å². The molecule has 0 saturated heterocycles. The van der Waals surface area contributed by atoms with Crippen molar-refractivity contribution in [2.24, 2.45) is 0 Å². The molecule has 0 aliphatic carbocycles. The van der Waals surface area contributed by atoms with E-state index in [4.69, 9.17) is 17.3 Å². The predicted molar refractivity (Wildman–Crippen MR) is 123 cm³/mol. The van der Waals surface area contributed by atoms with Crippen molar-refractivity contribution in [3.8, 4) is 5.82 Å². The number of pyridine rings is 1. The largest absolute Gasteiger partial charge is 0.396 e. The van der Waals surface area contributed by atoms with Gasteiger partial charge in [0.2, 0.25) is 5.91 Å². The highest BCUT2D eigenvalue weighted by atomic mass is 35.5. The maximum atomic E-state index is 13.2. The minimum atomic E-state index is -0.396. The van der Waals surface area contributed by atoms with E-state index in [1.54, 1.807) is 27.0 Å². The number of halogens is 1. The van der Waals surface area contributed by atoms with Crippen LogP contribution in [0.5, 0.6) is 0 Å². The smallest absolute Gasteiger partial charge is 0.299 e. The van der Waals surface area contributed by atoms with Gasteiger partial charge in [-0.2, -0.15) is 0 Å². The van der Waals surface area contributed by atoms with E-state index in [2.05, 4.69) is 20.6 Å². The predicted octanol–water partition coefficient (Wildman–Crippen LogP) is 2.42. The Bertz CT molecular complexity index is 1160. The van der Waals surface area contributed by atoms with Crippen molar-refractivity contribution in [3.63, 3.8) is 0 Å². The molecule has 0 unspecified atom stereocenters. The first kappa shape index (κ1) is 22.3. The average molecular weight is 441 g/mol. The monoisotopic (exact) mass is 440 g/mol. The topological polar surface area (TPSA) is 115 Å². The number of carbonyl (C=O) groups excluding carboxylic acids is 1. The van der Waals surface area contributed by atoms with Gasteiger partial charge in [0.1, 0.15) is 0 Å². The molecule has 0 saturated carbocycles. The van der Waals surface area contributed by atoms with Gasteiger partial charge in [-0.15, -0.1) is 0 Å². The lowest BCUT2D eigenvalue weighted by Crippen LogP contribution is -2.28. The number of nitrogens with two attached hydrogens (primary N) is 1. The lowest BCUT2D eigenvalue weighted by Gasteiger charge is -2.16. The first-order valence-corrected chi connectivity index (χ1v) is 10.2. The van der Waals surface area contributed by atoms with Crippen molar-refractivity contribution in [1.82, 2.24) is 19.9 Å². The Morgan fingerprint density at radius 1 is 1.19 bits per heavy atom. The Balaban J connectivity index is 1.95. The fourth-order valence-corrected chi connectivity index (χ4v) is 3.36. The molecule has 9 heteroatoms. The Morgan fingerprint density at radius 2 is 1.90 bits per heavy atom. The van der Waals surface area contributed by atoms with Crippen LogP contribution >= 0.6 is 11.6 Å². The number of likely N-dealkylation sites (N-methyl/N-ethyl adjacent to an activating group) is 1. The van der Waals surface area contributed by atoms with E-state index in [9.17, 15) is 9.59 Å². The fourth-order valence-electron chi connectivity index (χ4n) is 3.19. The molecule has 31 heavy (non-hydrogen) atoms. The molecule has 1 aromatic carbocycles. The molecule has 0 spiro atoms. The standard InChI is InChI=1S/C22H25ClN6O2/c1-13-16(12-18(30)25-3)11-17(24)21(27-13)29-14(2)19(23)28-20(22(29)31)26-10-9-15-7-5-4-6-8-15/h4-8,11H,9-10,12,24H2,1-3H3,(H,25,30)(H,26,28). The van der Waals surface area contributed by atoms with Gasteiger partial charge in [-0.1, -0.05) is 41.9 Å². The molecule has 3 rings (SSSR count). The van der Waals surface area contributed by atoms with Gasteiger partial charge in [-0.25, -0.2) is 9.97 Å². The van der Waals surface area contributed by atoms with E-state index in [1.165, 1.54) is 4.57 Å². The van der Waals surface area contributed by atoms with Crippen molar-refractivity contribution in [1.29, 1.82) is 0 Å². The SMILES string of the molecule is CNC(=O)Cc1cc(N)c(-n2c(C)c(Cl)nc(NCCc3ccccc3)c2=O)nc1C. The maximum absolute atomic E-state index is 13.2. The highest BCUT2D eigenvalue weighted by Crippen LogP contribution is 2.22. The lowest BCUT2D eigenvalue weighted by atomic mass is 10.1. The third kappa shape index (κ3) is 5.03. The average Bonchev–Trinajstić information content (AvgIpc) is 2.75. The van der Waals surface area contributed by atoms with E-state index in [1.807, 2.05) is 30.3 Å².